The molecule has 2 amide bonds. The average molecular weight is 440 g/mol. The molecule has 9 heteroatoms. The summed E-state index contributed by atoms with van der Waals surface area (Å²) in [6, 6.07) is 14.6. The highest BCUT2D eigenvalue weighted by Crippen LogP contribution is 2.23. The van der Waals surface area contributed by atoms with Crippen LogP contribution in [0.15, 0.2) is 48.5 Å². The van der Waals surface area contributed by atoms with E-state index in [4.69, 9.17) is 16.3 Å². The van der Waals surface area contributed by atoms with Crippen LogP contribution in [-0.2, 0) is 31.4 Å². The zero-order chi connectivity index (χ0) is 21.8. The third kappa shape index (κ3) is 4.92. The number of rotatable bonds is 6. The van der Waals surface area contributed by atoms with Crippen LogP contribution in [0.4, 0.5) is 0 Å². The predicted molar refractivity (Wildman–Crippen MR) is 115 cm³/mol. The highest BCUT2D eigenvalue weighted by molar-refractivity contribution is 6.29. The number of ether oxygens (including phenoxy) is 1. The molecule has 3 aromatic rings. The number of hydrogen-bond donors (Lipinski definition) is 2. The molecule has 0 saturated heterocycles. The van der Waals surface area contributed by atoms with Crippen LogP contribution in [-0.4, -0.2) is 39.2 Å². The van der Waals surface area contributed by atoms with Gasteiger partial charge in [-0.2, -0.15) is 5.10 Å². The van der Waals surface area contributed by atoms with Crippen LogP contribution >= 0.6 is 11.6 Å². The van der Waals surface area contributed by atoms with Crippen LogP contribution in [0.25, 0.3) is 0 Å². The topological polar surface area (TPSA) is 98.1 Å². The zero-order valence-electron chi connectivity index (χ0n) is 17.0. The smallest absolute Gasteiger partial charge is 0.270 e. The molecule has 1 aliphatic rings. The average Bonchev–Trinajstić information content (AvgIpc) is 3.11. The van der Waals surface area contributed by atoms with E-state index in [1.807, 2.05) is 30.3 Å². The Morgan fingerprint density at radius 1 is 1.13 bits per heavy atom. The van der Waals surface area contributed by atoms with Gasteiger partial charge in [-0.15, -0.1) is 0 Å². The molecule has 0 bridgehead atoms. The molecule has 3 heterocycles. The minimum absolute atomic E-state index is 0.187. The molecule has 0 radical (unpaired) electrons. The van der Waals surface area contributed by atoms with Crippen molar-refractivity contribution in [1.29, 1.82) is 0 Å². The first-order valence-corrected chi connectivity index (χ1v) is 10.3. The van der Waals surface area contributed by atoms with Crippen molar-refractivity contribution in [3.05, 3.63) is 81.9 Å². The number of nitrogens with zero attached hydrogens (tertiary/aromatic N) is 3. The molecule has 2 aromatic heterocycles. The minimum atomic E-state index is -0.330. The van der Waals surface area contributed by atoms with E-state index >= 15 is 0 Å². The summed E-state index contributed by atoms with van der Waals surface area (Å²) in [4.78, 5) is 29.2. The van der Waals surface area contributed by atoms with Gasteiger partial charge in [0.2, 0.25) is 0 Å². The lowest BCUT2D eigenvalue weighted by Crippen LogP contribution is -2.37. The van der Waals surface area contributed by atoms with Gasteiger partial charge in [-0.3, -0.25) is 14.3 Å². The molecule has 0 spiro atoms. The second-order valence-corrected chi connectivity index (χ2v) is 7.65. The number of aromatic nitrogens is 3. The summed E-state index contributed by atoms with van der Waals surface area (Å²) in [7, 11) is 1.75. The van der Waals surface area contributed by atoms with Gasteiger partial charge in [0.25, 0.3) is 11.8 Å². The van der Waals surface area contributed by atoms with Gasteiger partial charge >= 0.3 is 0 Å². The minimum Gasteiger partial charge on any atom is -0.370 e. The van der Waals surface area contributed by atoms with Crippen molar-refractivity contribution < 1.29 is 14.3 Å². The number of aryl methyl sites for hydroxylation is 1. The van der Waals surface area contributed by atoms with Gasteiger partial charge in [-0.25, -0.2) is 4.98 Å². The van der Waals surface area contributed by atoms with Gasteiger partial charge < -0.3 is 15.4 Å². The highest BCUT2D eigenvalue weighted by atomic mass is 35.5. The zero-order valence-corrected chi connectivity index (χ0v) is 17.7. The van der Waals surface area contributed by atoms with Crippen molar-refractivity contribution in [1.82, 2.24) is 25.4 Å². The Hall–Kier alpha value is -3.23. The van der Waals surface area contributed by atoms with E-state index in [-0.39, 0.29) is 41.9 Å². The van der Waals surface area contributed by atoms with Crippen LogP contribution in [0.2, 0.25) is 5.15 Å². The molecule has 1 aromatic carbocycles. The number of pyridine rings is 1. The number of amides is 2. The molecule has 4 rings (SSSR count). The summed E-state index contributed by atoms with van der Waals surface area (Å²) < 4.78 is 7.41. The molecule has 2 N–H and O–H groups in total. The number of fused-ring (bicyclic) bond motifs is 1. The largest absolute Gasteiger partial charge is 0.370 e. The second-order valence-electron chi connectivity index (χ2n) is 7.26. The molecule has 1 unspecified atom stereocenters. The van der Waals surface area contributed by atoms with Crippen LogP contribution in [0, 0.1) is 0 Å². The fourth-order valence-corrected chi connectivity index (χ4v) is 3.71. The Balaban J connectivity index is 1.40. The molecule has 31 heavy (non-hydrogen) atoms. The molecule has 8 nitrogen and oxygen atoms in total. The first-order valence-electron chi connectivity index (χ1n) is 9.90. The van der Waals surface area contributed by atoms with Crippen LogP contribution in [0.5, 0.6) is 0 Å². The lowest BCUT2D eigenvalue weighted by Gasteiger charge is -2.23. The Morgan fingerprint density at radius 2 is 1.94 bits per heavy atom. The van der Waals surface area contributed by atoms with E-state index in [1.54, 1.807) is 29.9 Å². The van der Waals surface area contributed by atoms with Crippen molar-refractivity contribution in [2.24, 2.45) is 7.05 Å². The first kappa shape index (κ1) is 21.0. The van der Waals surface area contributed by atoms with E-state index < -0.39 is 0 Å². The van der Waals surface area contributed by atoms with Gasteiger partial charge in [-0.1, -0.05) is 48.0 Å². The predicted octanol–water partition coefficient (Wildman–Crippen LogP) is 2.27. The maximum Gasteiger partial charge on any atom is 0.270 e. The Morgan fingerprint density at radius 3 is 2.71 bits per heavy atom. The van der Waals surface area contributed by atoms with Crippen LogP contribution in [0.1, 0.15) is 37.8 Å². The van der Waals surface area contributed by atoms with Crippen molar-refractivity contribution in [2.75, 3.05) is 6.54 Å². The van der Waals surface area contributed by atoms with E-state index in [2.05, 4.69) is 20.7 Å². The number of halogens is 1. The number of nitrogens with one attached hydrogen (secondary N) is 2. The van der Waals surface area contributed by atoms with Gasteiger partial charge in [0.05, 0.1) is 18.4 Å². The monoisotopic (exact) mass is 439 g/mol. The molecule has 160 valence electrons. The summed E-state index contributed by atoms with van der Waals surface area (Å²) in [6.07, 6.45) is 0.195. The van der Waals surface area contributed by atoms with Gasteiger partial charge in [0, 0.05) is 32.1 Å². The van der Waals surface area contributed by atoms with E-state index in [9.17, 15) is 9.59 Å². The van der Waals surface area contributed by atoms with Crippen molar-refractivity contribution in [3.63, 3.8) is 0 Å². The highest BCUT2D eigenvalue weighted by Gasteiger charge is 2.29. The number of carbonyl (C=O) groups excluding carboxylic acids is 2. The third-order valence-electron chi connectivity index (χ3n) is 5.07. The Kier molecular flexibility index (Phi) is 6.29. The molecule has 1 aliphatic heterocycles. The maximum absolute atomic E-state index is 12.9. The van der Waals surface area contributed by atoms with Crippen LogP contribution < -0.4 is 10.6 Å². The summed E-state index contributed by atoms with van der Waals surface area (Å²) in [5.41, 5.74) is 3.37. The molecular weight excluding hydrogens is 418 g/mol. The van der Waals surface area contributed by atoms with Crippen molar-refractivity contribution in [2.45, 2.75) is 25.7 Å². The van der Waals surface area contributed by atoms with E-state index in [0.717, 1.165) is 16.8 Å². The van der Waals surface area contributed by atoms with Gasteiger partial charge in [0.1, 0.15) is 16.5 Å². The molecule has 0 saturated carbocycles. The lowest BCUT2D eigenvalue weighted by atomic mass is 10.0. The summed E-state index contributed by atoms with van der Waals surface area (Å²) in [5, 5.41) is 10.5. The normalized spacial score (nSPS) is 15.2. The molecule has 1 atom stereocenters. The number of benzene rings is 1. The van der Waals surface area contributed by atoms with E-state index in [0.29, 0.717) is 18.7 Å². The maximum atomic E-state index is 12.9. The second kappa shape index (κ2) is 9.28. The van der Waals surface area contributed by atoms with Gasteiger partial charge in [-0.05, 0) is 17.7 Å². The van der Waals surface area contributed by atoms with Crippen molar-refractivity contribution >= 4 is 23.4 Å². The SMILES string of the molecule is Cn1nc2c(c1C(=O)NCc1ccccc1)CC(CNC(=O)c1cccc(Cl)n1)OC2. The molecular formula is C22H22ClN5O3. The van der Waals surface area contributed by atoms with E-state index in [1.165, 1.54) is 0 Å². The quantitative estimate of drug-likeness (QED) is 0.574. The fourth-order valence-electron chi connectivity index (χ4n) is 3.55. The molecule has 0 aliphatic carbocycles. The first-order chi connectivity index (χ1) is 15.0. The molecule has 0 fully saturated rings. The number of carbonyl (C=O) groups is 2. The van der Waals surface area contributed by atoms with Crippen LogP contribution in [0.3, 0.4) is 0 Å². The Labute approximate surface area is 184 Å². The number of hydrogen-bond acceptors (Lipinski definition) is 5. The standard InChI is InChI=1S/C22H22ClN5O3/c1-28-20(22(30)24-11-14-6-3-2-4-7-14)16-10-15(31-13-18(16)27-28)12-25-21(29)17-8-5-9-19(23)26-17/h2-9,15H,10-13H2,1H3,(H,24,30)(H,25,29). The summed E-state index contributed by atoms with van der Waals surface area (Å²) in [6.45, 7) is 1.000. The Bertz CT molecular complexity index is 1100. The van der Waals surface area contributed by atoms with Crippen molar-refractivity contribution in [3.8, 4) is 0 Å². The van der Waals surface area contributed by atoms with Gasteiger partial charge in [0.15, 0.2) is 0 Å². The fraction of sp³-hybridized carbons (Fsp3) is 0.273. The summed E-state index contributed by atoms with van der Waals surface area (Å²) in [5.74, 6) is -0.517. The lowest BCUT2D eigenvalue weighted by molar-refractivity contribution is 0.0265. The summed E-state index contributed by atoms with van der Waals surface area (Å²) >= 11 is 5.85. The third-order valence-corrected chi connectivity index (χ3v) is 5.28.